The molecule has 2 amide bonds. The summed E-state index contributed by atoms with van der Waals surface area (Å²) in [6.45, 7) is 0.578. The second-order valence-electron chi connectivity index (χ2n) is 6.52. The van der Waals surface area contributed by atoms with Crippen LogP contribution in [0.4, 0.5) is 10.5 Å². The van der Waals surface area contributed by atoms with Crippen molar-refractivity contribution in [3.63, 3.8) is 0 Å². The second kappa shape index (κ2) is 10.4. The molecular weight excluding hydrogens is 416 g/mol. The minimum absolute atomic E-state index is 0.0904. The molecule has 0 saturated carbocycles. The van der Waals surface area contributed by atoms with Gasteiger partial charge < -0.3 is 14.8 Å². The van der Waals surface area contributed by atoms with Gasteiger partial charge in [0.25, 0.3) is 0 Å². The number of carbonyl (C=O) groups is 3. The Morgan fingerprint density at radius 2 is 1.68 bits per heavy atom. The third kappa shape index (κ3) is 5.49. The molecule has 0 atom stereocenters. The summed E-state index contributed by atoms with van der Waals surface area (Å²) in [6.07, 6.45) is 0. The molecule has 3 aromatic rings. The summed E-state index contributed by atoms with van der Waals surface area (Å²) in [5, 5.41) is 4.82. The lowest BCUT2D eigenvalue weighted by Crippen LogP contribution is -2.40. The van der Waals surface area contributed by atoms with Gasteiger partial charge in [0.1, 0.15) is 0 Å². The van der Waals surface area contributed by atoms with Crippen molar-refractivity contribution in [2.45, 2.75) is 13.1 Å². The third-order valence-corrected chi connectivity index (χ3v) is 5.41. The summed E-state index contributed by atoms with van der Waals surface area (Å²) in [4.78, 5) is 40.1. The Kier molecular flexibility index (Phi) is 7.40. The summed E-state index contributed by atoms with van der Waals surface area (Å²) in [5.41, 5.74) is 1.48. The maximum absolute atomic E-state index is 13.2. The van der Waals surface area contributed by atoms with Crippen molar-refractivity contribution < 1.29 is 23.9 Å². The molecule has 3 rings (SSSR count). The number of anilines is 1. The monoisotopic (exact) mass is 438 g/mol. The molecule has 0 saturated heterocycles. The van der Waals surface area contributed by atoms with Gasteiger partial charge in [0.15, 0.2) is 0 Å². The lowest BCUT2D eigenvalue weighted by molar-refractivity contribution is 0.0600. The summed E-state index contributed by atoms with van der Waals surface area (Å²) in [7, 11) is 2.50. The minimum Gasteiger partial charge on any atom is -0.465 e. The zero-order valence-electron chi connectivity index (χ0n) is 17.2. The molecular formula is C23H22N2O5S. The van der Waals surface area contributed by atoms with Crippen LogP contribution >= 0.6 is 11.3 Å². The average Bonchev–Trinajstić information content (AvgIpc) is 3.34. The molecule has 31 heavy (non-hydrogen) atoms. The van der Waals surface area contributed by atoms with Crippen LogP contribution in [-0.2, 0) is 22.6 Å². The summed E-state index contributed by atoms with van der Waals surface area (Å²) >= 11 is 1.54. The first-order valence-corrected chi connectivity index (χ1v) is 10.3. The number of nitrogens with one attached hydrogen (secondary N) is 1. The van der Waals surface area contributed by atoms with Crippen molar-refractivity contribution in [3.8, 4) is 0 Å². The molecule has 0 spiro atoms. The summed E-state index contributed by atoms with van der Waals surface area (Å²) in [5.74, 6) is -1.25. The van der Waals surface area contributed by atoms with Gasteiger partial charge in [-0.3, -0.25) is 4.90 Å². The highest BCUT2D eigenvalue weighted by Crippen LogP contribution is 2.26. The number of thiophene rings is 1. The van der Waals surface area contributed by atoms with Gasteiger partial charge >= 0.3 is 18.0 Å². The van der Waals surface area contributed by atoms with Crippen molar-refractivity contribution >= 4 is 35.0 Å². The number of rotatable bonds is 7. The van der Waals surface area contributed by atoms with Crippen molar-refractivity contribution in [2.75, 3.05) is 19.1 Å². The van der Waals surface area contributed by atoms with Crippen LogP contribution < -0.4 is 10.2 Å². The highest BCUT2D eigenvalue weighted by molar-refractivity contribution is 7.09. The second-order valence-corrected chi connectivity index (χ2v) is 7.56. The Hall–Kier alpha value is -3.65. The Morgan fingerprint density at radius 1 is 0.935 bits per heavy atom. The molecule has 1 heterocycles. The molecule has 0 aliphatic heterocycles. The first-order chi connectivity index (χ1) is 15.0. The quantitative estimate of drug-likeness (QED) is 0.558. The van der Waals surface area contributed by atoms with Gasteiger partial charge in [0, 0.05) is 4.88 Å². The van der Waals surface area contributed by atoms with Crippen LogP contribution in [0, 0.1) is 0 Å². The molecule has 160 valence electrons. The molecule has 8 heteroatoms. The number of amides is 2. The minimum atomic E-state index is -0.662. The SMILES string of the molecule is COC(=O)c1ccc(N(Cc2ccccc2)C(=O)NCc2cccs2)c(C(=O)OC)c1. The van der Waals surface area contributed by atoms with E-state index >= 15 is 0 Å². The standard InChI is InChI=1S/C23H22N2O5S/c1-29-21(26)17-10-11-20(19(13-17)22(27)30-2)25(15-16-7-4-3-5-8-16)23(28)24-14-18-9-6-12-31-18/h3-13H,14-15H2,1-2H3,(H,24,28). The molecule has 0 aliphatic carbocycles. The van der Waals surface area contributed by atoms with E-state index in [2.05, 4.69) is 5.32 Å². The number of methoxy groups -OCH3 is 2. The van der Waals surface area contributed by atoms with E-state index in [9.17, 15) is 14.4 Å². The van der Waals surface area contributed by atoms with Crippen LogP contribution in [0.1, 0.15) is 31.2 Å². The van der Waals surface area contributed by atoms with Gasteiger partial charge in [-0.15, -0.1) is 11.3 Å². The molecule has 2 aromatic carbocycles. The van der Waals surface area contributed by atoms with Crippen LogP contribution in [0.5, 0.6) is 0 Å². The van der Waals surface area contributed by atoms with E-state index < -0.39 is 11.9 Å². The van der Waals surface area contributed by atoms with Gasteiger partial charge in [-0.1, -0.05) is 36.4 Å². The van der Waals surface area contributed by atoms with Crippen LogP contribution in [0.25, 0.3) is 0 Å². The highest BCUT2D eigenvalue weighted by Gasteiger charge is 2.24. The topological polar surface area (TPSA) is 84.9 Å². The number of nitrogens with zero attached hydrogens (tertiary/aromatic N) is 1. The van der Waals surface area contributed by atoms with E-state index in [0.29, 0.717) is 12.2 Å². The van der Waals surface area contributed by atoms with Gasteiger partial charge in [-0.05, 0) is 35.2 Å². The van der Waals surface area contributed by atoms with Crippen molar-refractivity contribution in [3.05, 3.63) is 87.6 Å². The molecule has 0 fully saturated rings. The smallest absolute Gasteiger partial charge is 0.340 e. The molecule has 0 unspecified atom stereocenters. The number of esters is 2. The van der Waals surface area contributed by atoms with E-state index in [-0.39, 0.29) is 23.7 Å². The van der Waals surface area contributed by atoms with Crippen molar-refractivity contribution in [1.29, 1.82) is 0 Å². The van der Waals surface area contributed by atoms with E-state index in [1.807, 2.05) is 47.8 Å². The number of hydrogen-bond donors (Lipinski definition) is 1. The Balaban J connectivity index is 1.99. The average molecular weight is 439 g/mol. The first kappa shape index (κ1) is 22.0. The van der Waals surface area contributed by atoms with E-state index in [0.717, 1.165) is 10.4 Å². The molecule has 1 aromatic heterocycles. The van der Waals surface area contributed by atoms with E-state index in [4.69, 9.17) is 9.47 Å². The Labute approximate surface area is 184 Å². The van der Waals surface area contributed by atoms with Gasteiger partial charge in [0.2, 0.25) is 0 Å². The first-order valence-electron chi connectivity index (χ1n) is 9.46. The van der Waals surface area contributed by atoms with Gasteiger partial charge in [0.05, 0.1) is 44.1 Å². The maximum atomic E-state index is 13.2. The fraction of sp³-hybridized carbons (Fsp3) is 0.174. The zero-order valence-corrected chi connectivity index (χ0v) is 18.0. The maximum Gasteiger partial charge on any atom is 0.340 e. The Morgan fingerprint density at radius 3 is 2.32 bits per heavy atom. The largest absolute Gasteiger partial charge is 0.465 e. The number of urea groups is 1. The fourth-order valence-electron chi connectivity index (χ4n) is 2.99. The highest BCUT2D eigenvalue weighted by atomic mass is 32.1. The molecule has 0 bridgehead atoms. The zero-order chi connectivity index (χ0) is 22.2. The van der Waals surface area contributed by atoms with Crippen LogP contribution in [0.2, 0.25) is 0 Å². The molecule has 7 nitrogen and oxygen atoms in total. The van der Waals surface area contributed by atoms with E-state index in [1.54, 1.807) is 6.07 Å². The lowest BCUT2D eigenvalue weighted by Gasteiger charge is -2.25. The normalized spacial score (nSPS) is 10.3. The number of carbonyl (C=O) groups excluding carboxylic acids is 3. The number of benzene rings is 2. The molecule has 1 N–H and O–H groups in total. The number of ether oxygens (including phenoxy) is 2. The fourth-order valence-corrected chi connectivity index (χ4v) is 3.64. The predicted octanol–water partition coefficient (Wildman–Crippen LogP) is 4.24. The number of hydrogen-bond acceptors (Lipinski definition) is 6. The van der Waals surface area contributed by atoms with Crippen LogP contribution in [0.15, 0.2) is 66.0 Å². The Bertz CT molecular complexity index is 1050. The molecule has 0 radical (unpaired) electrons. The van der Waals surface area contributed by atoms with Crippen LogP contribution in [0.3, 0.4) is 0 Å². The predicted molar refractivity (Wildman–Crippen MR) is 118 cm³/mol. The van der Waals surface area contributed by atoms with Crippen molar-refractivity contribution in [2.24, 2.45) is 0 Å². The van der Waals surface area contributed by atoms with E-state index in [1.165, 1.54) is 42.6 Å². The summed E-state index contributed by atoms with van der Waals surface area (Å²) < 4.78 is 9.64. The van der Waals surface area contributed by atoms with Crippen LogP contribution in [-0.4, -0.2) is 32.2 Å². The van der Waals surface area contributed by atoms with Gasteiger partial charge in [-0.25, -0.2) is 14.4 Å². The van der Waals surface area contributed by atoms with Crippen molar-refractivity contribution in [1.82, 2.24) is 5.32 Å². The third-order valence-electron chi connectivity index (χ3n) is 4.54. The van der Waals surface area contributed by atoms with Gasteiger partial charge in [-0.2, -0.15) is 0 Å². The molecule has 0 aliphatic rings. The lowest BCUT2D eigenvalue weighted by atomic mass is 10.1. The summed E-state index contributed by atoms with van der Waals surface area (Å²) in [6, 6.07) is 17.3.